The minimum absolute atomic E-state index is 0.236. The molecule has 0 aromatic rings. The summed E-state index contributed by atoms with van der Waals surface area (Å²) in [6.45, 7) is 4.44. The van der Waals surface area contributed by atoms with Gasteiger partial charge in [-0.25, -0.2) is 0 Å². The zero-order chi connectivity index (χ0) is 13.5. The maximum atomic E-state index is 11.9. The SMILES string of the molecule is CC(C)NCCCC(=O)N(C)CCC(F)(F)F. The van der Waals surface area contributed by atoms with Crippen LogP contribution in [0.2, 0.25) is 0 Å². The molecule has 17 heavy (non-hydrogen) atoms. The lowest BCUT2D eigenvalue weighted by atomic mass is 10.2. The standard InChI is InChI=1S/C11H21F3N2O/c1-9(2)15-7-4-5-10(17)16(3)8-6-11(12,13)14/h9,15H,4-8H2,1-3H3. The number of carbonyl (C=O) groups excluding carboxylic acids is 1. The van der Waals surface area contributed by atoms with E-state index in [2.05, 4.69) is 5.32 Å². The van der Waals surface area contributed by atoms with Crippen molar-refractivity contribution >= 4 is 5.91 Å². The Kier molecular flexibility index (Phi) is 7.18. The molecule has 0 rings (SSSR count). The Bertz CT molecular complexity index is 229. The Morgan fingerprint density at radius 3 is 2.41 bits per heavy atom. The van der Waals surface area contributed by atoms with Gasteiger partial charge in [-0.3, -0.25) is 4.79 Å². The van der Waals surface area contributed by atoms with Gasteiger partial charge in [-0.05, 0) is 13.0 Å². The smallest absolute Gasteiger partial charge is 0.345 e. The van der Waals surface area contributed by atoms with E-state index in [0.717, 1.165) is 4.90 Å². The normalized spacial score (nSPS) is 11.9. The highest BCUT2D eigenvalue weighted by Crippen LogP contribution is 2.19. The van der Waals surface area contributed by atoms with E-state index in [1.54, 1.807) is 0 Å². The van der Waals surface area contributed by atoms with Gasteiger partial charge in [-0.1, -0.05) is 13.8 Å². The molecule has 0 saturated carbocycles. The fourth-order valence-corrected chi connectivity index (χ4v) is 1.24. The van der Waals surface area contributed by atoms with Crippen molar-refractivity contribution in [3.63, 3.8) is 0 Å². The largest absolute Gasteiger partial charge is 0.390 e. The summed E-state index contributed by atoms with van der Waals surface area (Å²) in [5, 5.41) is 3.15. The van der Waals surface area contributed by atoms with E-state index in [0.29, 0.717) is 19.0 Å². The Balaban J connectivity index is 3.68. The molecular formula is C11H21F3N2O. The second-order valence-electron chi connectivity index (χ2n) is 4.39. The number of amides is 1. The number of nitrogens with one attached hydrogen (secondary N) is 1. The lowest BCUT2D eigenvalue weighted by molar-refractivity contribution is -0.144. The van der Waals surface area contributed by atoms with Crippen LogP contribution in [0, 0.1) is 0 Å². The van der Waals surface area contributed by atoms with Gasteiger partial charge in [0.2, 0.25) is 5.91 Å². The molecule has 6 heteroatoms. The Labute approximate surface area is 100 Å². The molecule has 0 fully saturated rings. The third kappa shape index (κ3) is 10.1. The number of hydrogen-bond acceptors (Lipinski definition) is 2. The Hall–Kier alpha value is -0.780. The van der Waals surface area contributed by atoms with E-state index in [1.165, 1.54) is 7.05 Å². The molecular weight excluding hydrogens is 233 g/mol. The van der Waals surface area contributed by atoms with Crippen molar-refractivity contribution in [2.45, 2.75) is 45.3 Å². The van der Waals surface area contributed by atoms with Crippen molar-refractivity contribution in [2.24, 2.45) is 0 Å². The first-order chi connectivity index (χ1) is 7.72. The third-order valence-electron chi connectivity index (χ3n) is 2.28. The van der Waals surface area contributed by atoms with Crippen LogP contribution in [0.4, 0.5) is 13.2 Å². The van der Waals surface area contributed by atoms with Gasteiger partial charge in [0.25, 0.3) is 0 Å². The maximum absolute atomic E-state index is 11.9. The van der Waals surface area contributed by atoms with Crippen LogP contribution in [-0.2, 0) is 4.79 Å². The van der Waals surface area contributed by atoms with Crippen molar-refractivity contribution in [1.29, 1.82) is 0 Å². The van der Waals surface area contributed by atoms with Gasteiger partial charge < -0.3 is 10.2 Å². The molecule has 0 radical (unpaired) electrons. The first-order valence-electron chi connectivity index (χ1n) is 5.76. The summed E-state index contributed by atoms with van der Waals surface area (Å²) in [5.41, 5.74) is 0. The molecule has 0 aromatic heterocycles. The molecule has 0 aliphatic rings. The summed E-state index contributed by atoms with van der Waals surface area (Å²) in [6.07, 6.45) is -4.21. The van der Waals surface area contributed by atoms with Crippen LogP contribution in [0.5, 0.6) is 0 Å². The minimum Gasteiger partial charge on any atom is -0.345 e. The van der Waals surface area contributed by atoms with E-state index < -0.39 is 12.6 Å². The van der Waals surface area contributed by atoms with Gasteiger partial charge in [-0.15, -0.1) is 0 Å². The summed E-state index contributed by atoms with van der Waals surface area (Å²) < 4.78 is 35.8. The van der Waals surface area contributed by atoms with Gasteiger partial charge in [0.05, 0.1) is 6.42 Å². The predicted molar refractivity (Wildman–Crippen MR) is 60.7 cm³/mol. The van der Waals surface area contributed by atoms with Crippen molar-refractivity contribution < 1.29 is 18.0 Å². The molecule has 0 heterocycles. The summed E-state index contributed by atoms with van der Waals surface area (Å²) in [6, 6.07) is 0.355. The van der Waals surface area contributed by atoms with Crippen molar-refractivity contribution in [3.05, 3.63) is 0 Å². The molecule has 102 valence electrons. The highest BCUT2D eigenvalue weighted by Gasteiger charge is 2.27. The molecule has 0 unspecified atom stereocenters. The molecule has 0 aromatic carbocycles. The molecule has 1 amide bonds. The summed E-state index contributed by atoms with van der Waals surface area (Å²) in [4.78, 5) is 12.6. The molecule has 0 aliphatic heterocycles. The minimum atomic E-state index is -4.20. The van der Waals surface area contributed by atoms with Crippen LogP contribution < -0.4 is 5.32 Å². The van der Waals surface area contributed by atoms with Crippen LogP contribution in [0.15, 0.2) is 0 Å². The number of alkyl halides is 3. The first-order valence-corrected chi connectivity index (χ1v) is 5.76. The molecule has 0 aliphatic carbocycles. The van der Waals surface area contributed by atoms with Crippen molar-refractivity contribution in [1.82, 2.24) is 10.2 Å². The zero-order valence-corrected chi connectivity index (χ0v) is 10.6. The second-order valence-corrected chi connectivity index (χ2v) is 4.39. The lowest BCUT2D eigenvalue weighted by Crippen LogP contribution is -2.31. The summed E-state index contributed by atoms with van der Waals surface area (Å²) >= 11 is 0. The van der Waals surface area contributed by atoms with Crippen LogP contribution in [-0.4, -0.2) is 43.2 Å². The highest BCUT2D eigenvalue weighted by atomic mass is 19.4. The molecule has 1 N–H and O–H groups in total. The summed E-state index contributed by atoms with van der Waals surface area (Å²) in [7, 11) is 1.41. The monoisotopic (exact) mass is 254 g/mol. The maximum Gasteiger partial charge on any atom is 0.390 e. The van der Waals surface area contributed by atoms with Crippen molar-refractivity contribution in [3.8, 4) is 0 Å². The first kappa shape index (κ1) is 16.2. The van der Waals surface area contributed by atoms with E-state index in [4.69, 9.17) is 0 Å². The summed E-state index contributed by atoms with van der Waals surface area (Å²) in [5.74, 6) is -0.236. The quantitative estimate of drug-likeness (QED) is 0.706. The number of nitrogens with zero attached hydrogens (tertiary/aromatic N) is 1. The highest BCUT2D eigenvalue weighted by molar-refractivity contribution is 5.75. The number of hydrogen-bond donors (Lipinski definition) is 1. The van der Waals surface area contributed by atoms with Crippen molar-refractivity contribution in [2.75, 3.05) is 20.1 Å². The van der Waals surface area contributed by atoms with Crippen LogP contribution in [0.3, 0.4) is 0 Å². The van der Waals surface area contributed by atoms with Gasteiger partial charge in [0.15, 0.2) is 0 Å². The van der Waals surface area contributed by atoms with Crippen LogP contribution >= 0.6 is 0 Å². The second kappa shape index (κ2) is 7.53. The van der Waals surface area contributed by atoms with Gasteiger partial charge in [0, 0.05) is 26.1 Å². The number of carbonyl (C=O) groups is 1. The average Bonchev–Trinajstić information content (AvgIpc) is 2.19. The average molecular weight is 254 g/mol. The lowest BCUT2D eigenvalue weighted by Gasteiger charge is -2.18. The van der Waals surface area contributed by atoms with E-state index in [-0.39, 0.29) is 18.9 Å². The molecule has 3 nitrogen and oxygen atoms in total. The fourth-order valence-electron chi connectivity index (χ4n) is 1.24. The molecule has 0 saturated heterocycles. The van der Waals surface area contributed by atoms with Gasteiger partial charge in [0.1, 0.15) is 0 Å². The van der Waals surface area contributed by atoms with Gasteiger partial charge in [-0.2, -0.15) is 13.2 Å². The molecule has 0 atom stereocenters. The van der Waals surface area contributed by atoms with Crippen LogP contribution in [0.25, 0.3) is 0 Å². The molecule has 0 bridgehead atoms. The van der Waals surface area contributed by atoms with E-state index in [9.17, 15) is 18.0 Å². The molecule has 0 spiro atoms. The Morgan fingerprint density at radius 2 is 1.94 bits per heavy atom. The third-order valence-corrected chi connectivity index (χ3v) is 2.28. The Morgan fingerprint density at radius 1 is 1.35 bits per heavy atom. The topological polar surface area (TPSA) is 32.3 Å². The predicted octanol–water partition coefficient (Wildman–Crippen LogP) is 2.18. The van der Waals surface area contributed by atoms with Crippen LogP contribution in [0.1, 0.15) is 33.1 Å². The fraction of sp³-hybridized carbons (Fsp3) is 0.909. The van der Waals surface area contributed by atoms with E-state index in [1.807, 2.05) is 13.8 Å². The number of rotatable bonds is 7. The van der Waals surface area contributed by atoms with E-state index >= 15 is 0 Å². The number of halogens is 3. The van der Waals surface area contributed by atoms with Gasteiger partial charge >= 0.3 is 6.18 Å². The zero-order valence-electron chi connectivity index (χ0n) is 10.6.